The van der Waals surface area contributed by atoms with Crippen molar-refractivity contribution in [2.24, 2.45) is 34.5 Å². The molecule has 1 amide bonds. The number of quaternary nitrogens is 1. The summed E-state index contributed by atoms with van der Waals surface area (Å²) < 4.78 is 7.21. The lowest BCUT2D eigenvalue weighted by Crippen LogP contribution is -2.51. The minimum Gasteiger partial charge on any atom is -0.462 e. The van der Waals surface area contributed by atoms with Gasteiger partial charge in [0.05, 0.1) is 39.6 Å². The second-order valence-electron chi connectivity index (χ2n) is 23.7. The number of ketones is 1. The van der Waals surface area contributed by atoms with Crippen molar-refractivity contribution in [2.75, 3.05) is 33.2 Å². The average Bonchev–Trinajstić information content (AvgIpc) is 3.66. The highest BCUT2D eigenvalue weighted by atomic mass is 16.5. The molecule has 6 heteroatoms. The number of ether oxygens (including phenoxy) is 1. The third kappa shape index (κ3) is 19.2. The topological polar surface area (TPSA) is 72.5 Å². The second kappa shape index (κ2) is 31.5. The van der Waals surface area contributed by atoms with Gasteiger partial charge in [-0.05, 0) is 112 Å². The lowest BCUT2D eigenvalue weighted by atomic mass is 9.46. The first kappa shape index (κ1) is 56.9. The first-order valence-corrected chi connectivity index (χ1v) is 29.5. The van der Waals surface area contributed by atoms with Crippen LogP contribution in [0.15, 0.2) is 11.6 Å². The number of hydrogen-bond donors (Lipinski definition) is 1. The molecule has 0 aliphatic heterocycles. The van der Waals surface area contributed by atoms with Gasteiger partial charge >= 0.3 is 5.97 Å². The number of unbranched alkanes of at least 4 members (excludes halogenated alkanes) is 26. The standard InChI is InChI=1S/C60H108N2O4/c1-7-9-11-13-15-17-19-21-23-25-27-29-31-33-46-62(6,47-34-32-30-28-26-24-22-20-18-16-14-12-10-8-2)48-45-61-57(64)39-40-58(65)66-50(3)54-37-38-55-53-36-35-51-49-52(63)41-43-59(51,4)56(53)42-44-60(54,55)5/h49-50,53-56H,7-48H2,1-6H3/p+1/t50?,53?,54-,55?,56?,59+,60-/m1/s1. The summed E-state index contributed by atoms with van der Waals surface area (Å²) >= 11 is 0. The molecule has 0 aromatic heterocycles. The zero-order valence-corrected chi connectivity index (χ0v) is 44.7. The van der Waals surface area contributed by atoms with E-state index in [9.17, 15) is 14.4 Å². The molecule has 6 nitrogen and oxygen atoms in total. The van der Waals surface area contributed by atoms with Crippen LogP contribution >= 0.6 is 0 Å². The third-order valence-corrected chi connectivity index (χ3v) is 18.6. The van der Waals surface area contributed by atoms with Crippen molar-refractivity contribution in [3.8, 4) is 0 Å². The molecule has 4 unspecified atom stereocenters. The maximum absolute atomic E-state index is 13.3. The van der Waals surface area contributed by atoms with Gasteiger partial charge in [-0.3, -0.25) is 14.4 Å². The summed E-state index contributed by atoms with van der Waals surface area (Å²) in [5.74, 6) is 2.49. The predicted molar refractivity (Wildman–Crippen MR) is 279 cm³/mol. The number of nitrogens with zero attached hydrogens (tertiary/aromatic N) is 1. The number of fused-ring (bicyclic) bond motifs is 5. The zero-order chi connectivity index (χ0) is 47.5. The van der Waals surface area contributed by atoms with Gasteiger partial charge in [-0.25, -0.2) is 0 Å². The molecule has 0 aromatic carbocycles. The number of carbonyl (C=O) groups excluding carboxylic acids is 3. The Labute approximate surface area is 409 Å². The third-order valence-electron chi connectivity index (χ3n) is 18.6. The van der Waals surface area contributed by atoms with Crippen molar-refractivity contribution in [1.82, 2.24) is 5.32 Å². The Kier molecular flexibility index (Phi) is 27.2. The number of likely N-dealkylation sites (N-methyl/N-ethyl adjacent to an activating group) is 1. The molecular formula is C60H109N2O4+. The Morgan fingerprint density at radius 3 is 1.61 bits per heavy atom. The number of nitrogens with one attached hydrogen (secondary N) is 1. The number of esters is 1. The first-order valence-electron chi connectivity index (χ1n) is 29.5. The van der Waals surface area contributed by atoms with Crippen LogP contribution in [0.3, 0.4) is 0 Å². The van der Waals surface area contributed by atoms with E-state index < -0.39 is 0 Å². The number of rotatable bonds is 38. The van der Waals surface area contributed by atoms with Crippen molar-refractivity contribution in [2.45, 2.75) is 285 Å². The first-order chi connectivity index (χ1) is 32.0. The van der Waals surface area contributed by atoms with E-state index in [1.807, 2.05) is 6.08 Å². The average molecular weight is 923 g/mol. The number of carbonyl (C=O) groups is 3. The number of amides is 1. The lowest BCUT2D eigenvalue weighted by Gasteiger charge is -2.58. The molecule has 0 heterocycles. The van der Waals surface area contributed by atoms with Gasteiger partial charge in [0, 0.05) is 18.8 Å². The van der Waals surface area contributed by atoms with Crippen LogP contribution in [0, 0.1) is 34.5 Å². The van der Waals surface area contributed by atoms with Crippen molar-refractivity contribution in [3.05, 3.63) is 11.6 Å². The van der Waals surface area contributed by atoms with Crippen LogP contribution in [0.25, 0.3) is 0 Å². The number of hydrogen-bond acceptors (Lipinski definition) is 4. The van der Waals surface area contributed by atoms with Gasteiger partial charge in [0.1, 0.15) is 6.10 Å². The van der Waals surface area contributed by atoms with Crippen LogP contribution in [0.1, 0.15) is 279 Å². The summed E-state index contributed by atoms with van der Waals surface area (Å²) in [4.78, 5) is 38.7. The van der Waals surface area contributed by atoms with E-state index >= 15 is 0 Å². The normalized spacial score (nSPS) is 25.5. The van der Waals surface area contributed by atoms with Crippen LogP contribution in [0.2, 0.25) is 0 Å². The molecule has 0 spiro atoms. The zero-order valence-electron chi connectivity index (χ0n) is 44.7. The van der Waals surface area contributed by atoms with Crippen LogP contribution in [-0.4, -0.2) is 61.5 Å². The van der Waals surface area contributed by atoms with E-state index in [4.69, 9.17) is 4.74 Å². The summed E-state index contributed by atoms with van der Waals surface area (Å²) in [7, 11) is 2.43. The van der Waals surface area contributed by atoms with E-state index in [1.54, 1.807) is 0 Å². The number of allylic oxidation sites excluding steroid dienone is 1. The molecule has 3 fully saturated rings. The molecular weight excluding hydrogens is 813 g/mol. The van der Waals surface area contributed by atoms with Crippen molar-refractivity contribution >= 4 is 17.7 Å². The summed E-state index contributed by atoms with van der Waals surface area (Å²) in [6, 6.07) is 0. The Morgan fingerprint density at radius 1 is 0.621 bits per heavy atom. The molecule has 382 valence electrons. The Balaban J connectivity index is 1.12. The monoisotopic (exact) mass is 922 g/mol. The van der Waals surface area contributed by atoms with Gasteiger partial charge in [0.15, 0.2) is 5.78 Å². The maximum atomic E-state index is 13.3. The van der Waals surface area contributed by atoms with Crippen molar-refractivity contribution in [3.63, 3.8) is 0 Å². The summed E-state index contributed by atoms with van der Waals surface area (Å²) in [5, 5.41) is 3.22. The molecule has 4 aliphatic carbocycles. The summed E-state index contributed by atoms with van der Waals surface area (Å²) in [5.41, 5.74) is 1.80. The molecule has 7 atom stereocenters. The fourth-order valence-corrected chi connectivity index (χ4v) is 14.2. The minimum atomic E-state index is -0.221. The molecule has 66 heavy (non-hydrogen) atoms. The van der Waals surface area contributed by atoms with Gasteiger partial charge in [-0.15, -0.1) is 0 Å². The largest absolute Gasteiger partial charge is 0.462 e. The van der Waals surface area contributed by atoms with Crippen molar-refractivity contribution < 1.29 is 23.6 Å². The van der Waals surface area contributed by atoms with Crippen LogP contribution in [-0.2, 0) is 19.1 Å². The summed E-state index contributed by atoms with van der Waals surface area (Å²) in [6.07, 6.45) is 49.8. The fraction of sp³-hybridized carbons (Fsp3) is 0.917. The summed E-state index contributed by atoms with van der Waals surface area (Å²) in [6.45, 7) is 15.7. The Morgan fingerprint density at radius 2 is 1.11 bits per heavy atom. The molecule has 0 radical (unpaired) electrons. The highest BCUT2D eigenvalue weighted by molar-refractivity contribution is 5.91. The van der Waals surface area contributed by atoms with Crippen LogP contribution in [0.4, 0.5) is 0 Å². The fourth-order valence-electron chi connectivity index (χ4n) is 14.2. The highest BCUT2D eigenvalue weighted by Crippen LogP contribution is 2.67. The molecule has 3 saturated carbocycles. The van der Waals surface area contributed by atoms with Gasteiger partial charge in [-0.2, -0.15) is 0 Å². The van der Waals surface area contributed by atoms with Crippen LogP contribution < -0.4 is 5.32 Å². The molecule has 0 aromatic rings. The molecule has 4 aliphatic rings. The molecule has 0 bridgehead atoms. The van der Waals surface area contributed by atoms with E-state index in [1.165, 1.54) is 224 Å². The Hall–Kier alpha value is -1.69. The second-order valence-corrected chi connectivity index (χ2v) is 23.7. The van der Waals surface area contributed by atoms with Gasteiger partial charge < -0.3 is 14.5 Å². The lowest BCUT2D eigenvalue weighted by molar-refractivity contribution is -0.908. The van der Waals surface area contributed by atoms with E-state index in [0.29, 0.717) is 42.4 Å². The molecule has 4 rings (SSSR count). The SMILES string of the molecule is CCCCCCCCCCCCCCCC[N+](C)(CCCCCCCCCCCCCCCC)CCNC(=O)CCC(=O)OC(C)[C@H]1CCC2C3CCC4=CC(=O)CC[C@]4(C)C3CC[C@@]21C. The van der Waals surface area contributed by atoms with Crippen molar-refractivity contribution in [1.29, 1.82) is 0 Å². The smallest absolute Gasteiger partial charge is 0.306 e. The predicted octanol–water partition coefficient (Wildman–Crippen LogP) is 16.4. The van der Waals surface area contributed by atoms with E-state index in [-0.39, 0.29) is 41.7 Å². The molecule has 1 N–H and O–H groups in total. The van der Waals surface area contributed by atoms with Gasteiger partial charge in [0.2, 0.25) is 5.91 Å². The maximum Gasteiger partial charge on any atom is 0.306 e. The Bertz CT molecular complexity index is 1360. The van der Waals surface area contributed by atoms with E-state index in [2.05, 4.69) is 47.0 Å². The van der Waals surface area contributed by atoms with Crippen LogP contribution in [0.5, 0.6) is 0 Å². The highest BCUT2D eigenvalue weighted by Gasteiger charge is 2.60. The van der Waals surface area contributed by atoms with Gasteiger partial charge in [0.25, 0.3) is 0 Å². The van der Waals surface area contributed by atoms with E-state index in [0.717, 1.165) is 30.3 Å². The minimum absolute atomic E-state index is 0.0195. The quantitative estimate of drug-likeness (QED) is 0.0380. The van der Waals surface area contributed by atoms with Gasteiger partial charge in [-0.1, -0.05) is 187 Å². The molecule has 0 saturated heterocycles.